The molecule has 0 bridgehead atoms. The van der Waals surface area contributed by atoms with Crippen LogP contribution in [0.15, 0.2) is 48.5 Å². The number of rotatable bonds is 5. The number of halogens is 2. The molecular formula is C23H23ClFN3O3. The third-order valence-corrected chi connectivity index (χ3v) is 5.80. The Balaban J connectivity index is 1.55. The van der Waals surface area contributed by atoms with E-state index in [2.05, 4.69) is 10.3 Å². The molecule has 2 amide bonds. The normalized spacial score (nSPS) is 15.8. The number of aliphatic hydroxyl groups is 1. The van der Waals surface area contributed by atoms with Gasteiger partial charge in [0.05, 0.1) is 6.10 Å². The molecule has 2 aromatic carbocycles. The minimum Gasteiger partial charge on any atom is -0.393 e. The van der Waals surface area contributed by atoms with Crippen molar-refractivity contribution in [1.29, 1.82) is 0 Å². The molecule has 6 nitrogen and oxygen atoms in total. The maximum absolute atomic E-state index is 13.3. The molecule has 1 atom stereocenters. The molecule has 3 N–H and O–H groups in total. The van der Waals surface area contributed by atoms with Gasteiger partial charge in [0.2, 0.25) is 5.91 Å². The van der Waals surface area contributed by atoms with Crippen LogP contribution in [-0.2, 0) is 11.2 Å². The minimum absolute atomic E-state index is 0.219. The average Bonchev–Trinajstić information content (AvgIpc) is 3.18. The number of nitrogens with one attached hydrogen (secondary N) is 2. The number of H-pyrrole nitrogens is 1. The highest BCUT2D eigenvalue weighted by Gasteiger charge is 2.29. The first kappa shape index (κ1) is 21.3. The van der Waals surface area contributed by atoms with Crippen molar-refractivity contribution in [2.24, 2.45) is 0 Å². The summed E-state index contributed by atoms with van der Waals surface area (Å²) in [6, 6.07) is 12.0. The maximum Gasteiger partial charge on any atom is 0.268 e. The highest BCUT2D eigenvalue weighted by molar-refractivity contribution is 6.31. The van der Waals surface area contributed by atoms with Crippen LogP contribution >= 0.6 is 11.6 Å². The second-order valence-corrected chi connectivity index (χ2v) is 8.26. The van der Waals surface area contributed by atoms with Crippen molar-refractivity contribution in [1.82, 2.24) is 15.2 Å². The van der Waals surface area contributed by atoms with Gasteiger partial charge in [0.1, 0.15) is 17.6 Å². The molecule has 0 saturated carbocycles. The zero-order valence-corrected chi connectivity index (χ0v) is 17.5. The Kier molecular flexibility index (Phi) is 6.25. The van der Waals surface area contributed by atoms with Crippen molar-refractivity contribution >= 4 is 34.3 Å². The lowest BCUT2D eigenvalue weighted by molar-refractivity contribution is -0.135. The zero-order chi connectivity index (χ0) is 22.0. The fraction of sp³-hybridized carbons (Fsp3) is 0.304. The van der Waals surface area contributed by atoms with Gasteiger partial charge in [-0.1, -0.05) is 23.7 Å². The summed E-state index contributed by atoms with van der Waals surface area (Å²) < 4.78 is 13.3. The van der Waals surface area contributed by atoms with E-state index in [-0.39, 0.29) is 18.1 Å². The van der Waals surface area contributed by atoms with Crippen molar-refractivity contribution in [3.63, 3.8) is 0 Å². The number of benzene rings is 2. The monoisotopic (exact) mass is 443 g/mol. The Labute approximate surface area is 184 Å². The molecule has 3 aromatic rings. The molecule has 162 valence electrons. The van der Waals surface area contributed by atoms with Crippen LogP contribution in [0.4, 0.5) is 4.39 Å². The number of fused-ring (bicyclic) bond motifs is 1. The van der Waals surface area contributed by atoms with E-state index in [0.29, 0.717) is 36.6 Å². The second kappa shape index (κ2) is 9.08. The number of hydrogen-bond acceptors (Lipinski definition) is 3. The van der Waals surface area contributed by atoms with E-state index < -0.39 is 18.1 Å². The Morgan fingerprint density at radius 3 is 2.58 bits per heavy atom. The minimum atomic E-state index is -0.816. The molecule has 1 aliphatic heterocycles. The summed E-state index contributed by atoms with van der Waals surface area (Å²) in [6.07, 6.45) is 0.834. The third-order valence-electron chi connectivity index (χ3n) is 5.56. The van der Waals surface area contributed by atoms with Crippen molar-refractivity contribution < 1.29 is 19.1 Å². The number of hydrogen-bond donors (Lipinski definition) is 3. The van der Waals surface area contributed by atoms with Gasteiger partial charge in [0.15, 0.2) is 0 Å². The predicted molar refractivity (Wildman–Crippen MR) is 116 cm³/mol. The molecule has 1 aromatic heterocycles. The molecular weight excluding hydrogens is 421 g/mol. The van der Waals surface area contributed by atoms with E-state index in [0.717, 1.165) is 16.5 Å². The van der Waals surface area contributed by atoms with Gasteiger partial charge in [-0.15, -0.1) is 0 Å². The van der Waals surface area contributed by atoms with Gasteiger partial charge in [0, 0.05) is 35.4 Å². The molecule has 8 heteroatoms. The highest BCUT2D eigenvalue weighted by atomic mass is 35.5. The Hall–Kier alpha value is -2.90. The first-order chi connectivity index (χ1) is 14.9. The Bertz CT molecular complexity index is 1090. The van der Waals surface area contributed by atoms with Gasteiger partial charge in [-0.3, -0.25) is 9.59 Å². The van der Waals surface area contributed by atoms with E-state index in [9.17, 15) is 19.1 Å². The van der Waals surface area contributed by atoms with Gasteiger partial charge in [0.25, 0.3) is 5.91 Å². The lowest BCUT2D eigenvalue weighted by Crippen LogP contribution is -2.52. The molecule has 1 aliphatic rings. The van der Waals surface area contributed by atoms with E-state index in [1.807, 2.05) is 0 Å². The Morgan fingerprint density at radius 2 is 1.87 bits per heavy atom. The van der Waals surface area contributed by atoms with Gasteiger partial charge >= 0.3 is 0 Å². The largest absolute Gasteiger partial charge is 0.393 e. The molecule has 2 heterocycles. The summed E-state index contributed by atoms with van der Waals surface area (Å²) in [5.41, 5.74) is 1.82. The average molecular weight is 444 g/mol. The number of carbonyl (C=O) groups is 2. The summed E-state index contributed by atoms with van der Waals surface area (Å²) in [6.45, 7) is 0.862. The summed E-state index contributed by atoms with van der Waals surface area (Å²) in [7, 11) is 0. The number of piperidine rings is 1. The van der Waals surface area contributed by atoms with Gasteiger partial charge in [-0.25, -0.2) is 4.39 Å². The number of amides is 2. The van der Waals surface area contributed by atoms with Crippen LogP contribution in [0.25, 0.3) is 10.9 Å². The maximum atomic E-state index is 13.3. The number of aliphatic hydroxyl groups excluding tert-OH is 1. The number of carbonyl (C=O) groups excluding carboxylic acids is 2. The lowest BCUT2D eigenvalue weighted by Gasteiger charge is -2.32. The number of nitrogens with zero attached hydrogens (tertiary/aromatic N) is 1. The van der Waals surface area contributed by atoms with Crippen molar-refractivity contribution in [2.75, 3.05) is 13.1 Å². The van der Waals surface area contributed by atoms with E-state index in [1.165, 1.54) is 12.1 Å². The molecule has 1 fully saturated rings. The first-order valence-corrected chi connectivity index (χ1v) is 10.6. The molecule has 0 radical (unpaired) electrons. The van der Waals surface area contributed by atoms with Crippen LogP contribution in [0, 0.1) is 5.82 Å². The summed E-state index contributed by atoms with van der Waals surface area (Å²) in [5.74, 6) is -0.994. The van der Waals surface area contributed by atoms with Crippen LogP contribution in [0.5, 0.6) is 0 Å². The first-order valence-electron chi connectivity index (χ1n) is 10.2. The molecule has 0 spiro atoms. The van der Waals surface area contributed by atoms with Crippen LogP contribution in [0.2, 0.25) is 5.02 Å². The van der Waals surface area contributed by atoms with Gasteiger partial charge in [-0.05, 0) is 54.8 Å². The molecule has 1 saturated heterocycles. The van der Waals surface area contributed by atoms with E-state index in [4.69, 9.17) is 11.6 Å². The third kappa shape index (κ3) is 5.06. The van der Waals surface area contributed by atoms with Gasteiger partial charge < -0.3 is 20.3 Å². The number of aromatic amines is 1. The van der Waals surface area contributed by atoms with Crippen LogP contribution < -0.4 is 5.32 Å². The van der Waals surface area contributed by atoms with Crippen molar-refractivity contribution in [2.45, 2.75) is 31.4 Å². The van der Waals surface area contributed by atoms with Crippen molar-refractivity contribution in [3.05, 3.63) is 70.6 Å². The smallest absolute Gasteiger partial charge is 0.268 e. The quantitative estimate of drug-likeness (QED) is 0.565. The second-order valence-electron chi connectivity index (χ2n) is 7.83. The van der Waals surface area contributed by atoms with Gasteiger partial charge in [-0.2, -0.15) is 0 Å². The van der Waals surface area contributed by atoms with E-state index >= 15 is 0 Å². The standard InChI is InChI=1S/C23H23ClFN3O3/c24-16-3-6-19-15(12-16)13-20(26-19)22(30)27-21(11-14-1-4-17(25)5-2-14)23(31)28-9-7-18(29)8-10-28/h1-6,12-13,18,21,26,29H,7-11H2,(H,27,30)/t21-/m1/s1. The molecule has 0 aliphatic carbocycles. The Morgan fingerprint density at radius 1 is 1.16 bits per heavy atom. The molecule has 4 rings (SSSR count). The van der Waals surface area contributed by atoms with Crippen LogP contribution in [0.1, 0.15) is 28.9 Å². The fourth-order valence-electron chi connectivity index (χ4n) is 3.82. The number of aromatic nitrogens is 1. The summed E-state index contributed by atoms with van der Waals surface area (Å²) in [5, 5.41) is 13.9. The fourth-order valence-corrected chi connectivity index (χ4v) is 4.01. The number of likely N-dealkylation sites (tertiary alicyclic amines) is 1. The topological polar surface area (TPSA) is 85.4 Å². The van der Waals surface area contributed by atoms with Crippen LogP contribution in [0.3, 0.4) is 0 Å². The summed E-state index contributed by atoms with van der Waals surface area (Å²) >= 11 is 6.02. The lowest BCUT2D eigenvalue weighted by atomic mass is 10.0. The van der Waals surface area contributed by atoms with E-state index in [1.54, 1.807) is 41.3 Å². The summed E-state index contributed by atoms with van der Waals surface area (Å²) in [4.78, 5) is 30.8. The molecule has 31 heavy (non-hydrogen) atoms. The highest BCUT2D eigenvalue weighted by Crippen LogP contribution is 2.20. The zero-order valence-electron chi connectivity index (χ0n) is 16.8. The van der Waals surface area contributed by atoms with Crippen LogP contribution in [-0.4, -0.2) is 52.0 Å². The van der Waals surface area contributed by atoms with Crippen molar-refractivity contribution in [3.8, 4) is 0 Å². The molecule has 0 unspecified atom stereocenters. The SMILES string of the molecule is O=C(N[C@H](Cc1ccc(F)cc1)C(=O)N1CCC(O)CC1)c1cc2cc(Cl)ccc2[nH]1. The predicted octanol–water partition coefficient (Wildman–Crippen LogP) is 3.28.